The molecule has 0 aliphatic heterocycles. The van der Waals surface area contributed by atoms with Crippen LogP contribution in [-0.4, -0.2) is 24.3 Å². The molecular weight excluding hydrogens is 246 g/mol. The lowest BCUT2D eigenvalue weighted by Gasteiger charge is -2.36. The molecule has 1 atom stereocenters. The highest BCUT2D eigenvalue weighted by atomic mass is 16.3. The Balaban J connectivity index is 2.40. The van der Waals surface area contributed by atoms with Gasteiger partial charge in [-0.3, -0.25) is 0 Å². The summed E-state index contributed by atoms with van der Waals surface area (Å²) in [5, 5.41) is 12.5. The molecule has 0 saturated carbocycles. The zero-order valence-corrected chi connectivity index (χ0v) is 12.9. The zero-order valence-electron chi connectivity index (χ0n) is 12.9. The Morgan fingerprint density at radius 3 is 2.40 bits per heavy atom. The molecule has 2 heteroatoms. The molecule has 0 fully saturated rings. The Labute approximate surface area is 122 Å². The van der Waals surface area contributed by atoms with Crippen molar-refractivity contribution in [2.45, 2.75) is 33.8 Å². The summed E-state index contributed by atoms with van der Waals surface area (Å²) in [4.78, 5) is 2.36. The van der Waals surface area contributed by atoms with Crippen LogP contribution in [0.3, 0.4) is 0 Å². The van der Waals surface area contributed by atoms with Gasteiger partial charge >= 0.3 is 0 Å². The largest absolute Gasteiger partial charge is 0.393 e. The van der Waals surface area contributed by atoms with E-state index < -0.39 is 0 Å². The van der Waals surface area contributed by atoms with Crippen molar-refractivity contribution in [2.24, 2.45) is 5.41 Å². The van der Waals surface area contributed by atoms with Crippen molar-refractivity contribution >= 4 is 16.5 Å². The molecule has 0 aromatic heterocycles. The lowest BCUT2D eigenvalue weighted by atomic mass is 9.86. The minimum absolute atomic E-state index is 0.132. The van der Waals surface area contributed by atoms with Gasteiger partial charge in [0.2, 0.25) is 0 Å². The SMILES string of the molecule is CCN(CC(C)(C)C(C)O)c1cccc2ccccc12. The van der Waals surface area contributed by atoms with Gasteiger partial charge in [0.25, 0.3) is 0 Å². The monoisotopic (exact) mass is 271 g/mol. The van der Waals surface area contributed by atoms with Crippen molar-refractivity contribution in [3.8, 4) is 0 Å². The van der Waals surface area contributed by atoms with Crippen LogP contribution in [-0.2, 0) is 0 Å². The lowest BCUT2D eigenvalue weighted by molar-refractivity contribution is 0.0712. The highest BCUT2D eigenvalue weighted by Gasteiger charge is 2.27. The molecule has 2 nitrogen and oxygen atoms in total. The van der Waals surface area contributed by atoms with E-state index in [0.717, 1.165) is 13.1 Å². The summed E-state index contributed by atoms with van der Waals surface area (Å²) in [6.07, 6.45) is -0.327. The predicted molar refractivity (Wildman–Crippen MR) is 87.3 cm³/mol. The van der Waals surface area contributed by atoms with Gasteiger partial charge in [-0.15, -0.1) is 0 Å². The van der Waals surface area contributed by atoms with Crippen LogP contribution in [0.4, 0.5) is 5.69 Å². The summed E-state index contributed by atoms with van der Waals surface area (Å²) in [6.45, 7) is 10.0. The molecule has 20 heavy (non-hydrogen) atoms. The first-order chi connectivity index (χ1) is 9.45. The topological polar surface area (TPSA) is 23.5 Å². The maximum atomic E-state index is 9.96. The van der Waals surface area contributed by atoms with Crippen LogP contribution < -0.4 is 4.90 Å². The normalized spacial score (nSPS) is 13.4. The van der Waals surface area contributed by atoms with Crippen molar-refractivity contribution in [2.75, 3.05) is 18.0 Å². The average molecular weight is 271 g/mol. The van der Waals surface area contributed by atoms with E-state index in [1.807, 2.05) is 6.92 Å². The second-order valence-electron chi connectivity index (χ2n) is 6.18. The standard InChI is InChI=1S/C18H25NO/c1-5-19(13-18(3,4)14(2)20)17-12-8-10-15-9-6-7-11-16(15)17/h6-12,14,20H,5,13H2,1-4H3. The van der Waals surface area contributed by atoms with Crippen LogP contribution >= 0.6 is 0 Å². The van der Waals surface area contributed by atoms with Crippen molar-refractivity contribution in [3.63, 3.8) is 0 Å². The number of nitrogens with zero attached hydrogens (tertiary/aromatic N) is 1. The maximum absolute atomic E-state index is 9.96. The molecule has 2 aromatic carbocycles. The number of anilines is 1. The molecule has 2 rings (SSSR count). The van der Waals surface area contributed by atoms with Crippen LogP contribution in [0.1, 0.15) is 27.7 Å². The molecule has 108 valence electrons. The third-order valence-corrected chi connectivity index (χ3v) is 4.22. The first kappa shape index (κ1) is 14.9. The predicted octanol–water partition coefficient (Wildman–Crippen LogP) is 4.07. The Morgan fingerprint density at radius 2 is 1.75 bits per heavy atom. The van der Waals surface area contributed by atoms with Gasteiger partial charge in [-0.1, -0.05) is 50.2 Å². The number of aliphatic hydroxyl groups is 1. The Kier molecular flexibility index (Phi) is 4.34. The third-order valence-electron chi connectivity index (χ3n) is 4.22. The van der Waals surface area contributed by atoms with Gasteiger partial charge in [0.1, 0.15) is 0 Å². The summed E-state index contributed by atoms with van der Waals surface area (Å²) >= 11 is 0. The summed E-state index contributed by atoms with van der Waals surface area (Å²) < 4.78 is 0. The number of fused-ring (bicyclic) bond motifs is 1. The summed E-state index contributed by atoms with van der Waals surface area (Å²) in [5.74, 6) is 0. The zero-order chi connectivity index (χ0) is 14.8. The Hall–Kier alpha value is -1.54. The van der Waals surface area contributed by atoms with E-state index in [2.05, 4.69) is 68.1 Å². The number of aliphatic hydroxyl groups excluding tert-OH is 1. The third kappa shape index (κ3) is 2.96. The van der Waals surface area contributed by atoms with Gasteiger partial charge < -0.3 is 10.0 Å². The fraction of sp³-hybridized carbons (Fsp3) is 0.444. The quantitative estimate of drug-likeness (QED) is 0.886. The van der Waals surface area contributed by atoms with Crippen molar-refractivity contribution < 1.29 is 5.11 Å². The molecule has 1 N–H and O–H groups in total. The van der Waals surface area contributed by atoms with Gasteiger partial charge in [-0.05, 0) is 25.3 Å². The molecule has 2 aromatic rings. The van der Waals surface area contributed by atoms with E-state index in [4.69, 9.17) is 0 Å². The van der Waals surface area contributed by atoms with Crippen LogP contribution in [0.15, 0.2) is 42.5 Å². The molecule has 0 aliphatic rings. The molecule has 0 spiro atoms. The van der Waals surface area contributed by atoms with E-state index >= 15 is 0 Å². The molecule has 0 radical (unpaired) electrons. The second-order valence-corrected chi connectivity index (χ2v) is 6.18. The highest BCUT2D eigenvalue weighted by Crippen LogP contribution is 2.30. The number of rotatable bonds is 5. The number of benzene rings is 2. The van der Waals surface area contributed by atoms with Gasteiger partial charge in [0, 0.05) is 29.6 Å². The summed E-state index contributed by atoms with van der Waals surface area (Å²) in [7, 11) is 0. The van der Waals surface area contributed by atoms with E-state index in [1.54, 1.807) is 0 Å². The van der Waals surface area contributed by atoms with E-state index in [0.29, 0.717) is 0 Å². The molecule has 1 unspecified atom stereocenters. The van der Waals surface area contributed by atoms with Gasteiger partial charge in [-0.2, -0.15) is 0 Å². The van der Waals surface area contributed by atoms with E-state index in [-0.39, 0.29) is 11.5 Å². The van der Waals surface area contributed by atoms with Crippen LogP contribution in [0.2, 0.25) is 0 Å². The molecule has 0 aliphatic carbocycles. The van der Waals surface area contributed by atoms with Crippen molar-refractivity contribution in [3.05, 3.63) is 42.5 Å². The van der Waals surface area contributed by atoms with Gasteiger partial charge in [-0.25, -0.2) is 0 Å². The fourth-order valence-corrected chi connectivity index (χ4v) is 2.48. The molecule has 0 bridgehead atoms. The molecule has 0 amide bonds. The maximum Gasteiger partial charge on any atom is 0.0579 e. The van der Waals surface area contributed by atoms with Crippen LogP contribution in [0, 0.1) is 5.41 Å². The highest BCUT2D eigenvalue weighted by molar-refractivity contribution is 5.94. The smallest absolute Gasteiger partial charge is 0.0579 e. The first-order valence-electron chi connectivity index (χ1n) is 7.36. The van der Waals surface area contributed by atoms with Crippen LogP contribution in [0.25, 0.3) is 10.8 Å². The minimum Gasteiger partial charge on any atom is -0.393 e. The Morgan fingerprint density at radius 1 is 1.10 bits per heavy atom. The van der Waals surface area contributed by atoms with Gasteiger partial charge in [0.05, 0.1) is 6.10 Å². The molecule has 0 saturated heterocycles. The average Bonchev–Trinajstić information content (AvgIpc) is 2.44. The van der Waals surface area contributed by atoms with Crippen molar-refractivity contribution in [1.82, 2.24) is 0 Å². The number of hydrogen-bond acceptors (Lipinski definition) is 2. The van der Waals surface area contributed by atoms with Crippen molar-refractivity contribution in [1.29, 1.82) is 0 Å². The van der Waals surface area contributed by atoms with E-state index in [9.17, 15) is 5.11 Å². The fourth-order valence-electron chi connectivity index (χ4n) is 2.48. The first-order valence-corrected chi connectivity index (χ1v) is 7.36. The lowest BCUT2D eigenvalue weighted by Crippen LogP contribution is -2.40. The Bertz CT molecular complexity index is 569. The van der Waals surface area contributed by atoms with Crippen LogP contribution in [0.5, 0.6) is 0 Å². The molecular formula is C18H25NO. The minimum atomic E-state index is -0.327. The van der Waals surface area contributed by atoms with Gasteiger partial charge in [0.15, 0.2) is 0 Å². The summed E-state index contributed by atoms with van der Waals surface area (Å²) in [6, 6.07) is 14.9. The molecule has 0 heterocycles. The number of hydrogen-bond donors (Lipinski definition) is 1. The van der Waals surface area contributed by atoms with E-state index in [1.165, 1.54) is 16.5 Å². The second kappa shape index (κ2) is 5.84. The summed E-state index contributed by atoms with van der Waals surface area (Å²) in [5.41, 5.74) is 1.12.